The van der Waals surface area contributed by atoms with Crippen molar-refractivity contribution < 1.29 is 4.74 Å². The van der Waals surface area contributed by atoms with E-state index in [9.17, 15) is 0 Å². The van der Waals surface area contributed by atoms with Crippen molar-refractivity contribution >= 4 is 0 Å². The second kappa shape index (κ2) is 9.51. The number of hydrogen-bond acceptors (Lipinski definition) is 3. The van der Waals surface area contributed by atoms with E-state index in [1.54, 1.807) is 0 Å². The molecule has 19 heavy (non-hydrogen) atoms. The molecule has 0 aliphatic carbocycles. The van der Waals surface area contributed by atoms with Crippen molar-refractivity contribution in [2.24, 2.45) is 5.92 Å². The van der Waals surface area contributed by atoms with E-state index in [-0.39, 0.29) is 0 Å². The zero-order valence-electron chi connectivity index (χ0n) is 13.1. The van der Waals surface area contributed by atoms with Crippen LogP contribution in [0.25, 0.3) is 0 Å². The van der Waals surface area contributed by atoms with Gasteiger partial charge in [0, 0.05) is 12.6 Å². The summed E-state index contributed by atoms with van der Waals surface area (Å²) in [6.07, 6.45) is 3.94. The van der Waals surface area contributed by atoms with E-state index in [0.29, 0.717) is 12.6 Å². The second-order valence-corrected chi connectivity index (χ2v) is 5.93. The quantitative estimate of drug-likeness (QED) is 0.514. The first kappa shape index (κ1) is 16.7. The van der Waals surface area contributed by atoms with Gasteiger partial charge in [-0.2, -0.15) is 0 Å². The minimum absolute atomic E-state index is 0.609. The maximum atomic E-state index is 5.51. The molecule has 0 saturated carbocycles. The minimum atomic E-state index is 0.609. The summed E-state index contributed by atoms with van der Waals surface area (Å²) in [5.74, 6) is 0.828. The molecule has 3 nitrogen and oxygen atoms in total. The Labute approximate surface area is 119 Å². The number of ether oxygens (including phenoxy) is 1. The van der Waals surface area contributed by atoms with Crippen LogP contribution in [0.5, 0.6) is 0 Å². The second-order valence-electron chi connectivity index (χ2n) is 5.93. The summed E-state index contributed by atoms with van der Waals surface area (Å²) >= 11 is 0. The van der Waals surface area contributed by atoms with E-state index >= 15 is 0 Å². The molecule has 0 aromatic heterocycles. The Morgan fingerprint density at radius 2 is 2.11 bits per heavy atom. The summed E-state index contributed by atoms with van der Waals surface area (Å²) in [7, 11) is 0. The molecule has 1 aliphatic heterocycles. The van der Waals surface area contributed by atoms with Gasteiger partial charge in [-0.05, 0) is 58.7 Å². The van der Waals surface area contributed by atoms with Crippen LogP contribution >= 0.6 is 0 Å². The Bertz CT molecular complexity index is 247. The number of piperidine rings is 1. The van der Waals surface area contributed by atoms with Crippen molar-refractivity contribution in [1.82, 2.24) is 10.2 Å². The molecule has 1 heterocycles. The van der Waals surface area contributed by atoms with Gasteiger partial charge in [-0.15, -0.1) is 0 Å². The predicted octanol–water partition coefficient (Wildman–Crippen LogP) is 2.68. The molecule has 3 heteroatoms. The highest BCUT2D eigenvalue weighted by atomic mass is 16.5. The first-order valence-electron chi connectivity index (χ1n) is 7.81. The molecule has 112 valence electrons. The lowest BCUT2D eigenvalue weighted by Crippen LogP contribution is -2.43. The molecule has 0 aromatic carbocycles. The monoisotopic (exact) mass is 268 g/mol. The van der Waals surface area contributed by atoms with Crippen LogP contribution in [-0.2, 0) is 4.74 Å². The van der Waals surface area contributed by atoms with Gasteiger partial charge >= 0.3 is 0 Å². The lowest BCUT2D eigenvalue weighted by Gasteiger charge is -2.35. The number of nitrogens with zero attached hydrogens (tertiary/aromatic N) is 1. The van der Waals surface area contributed by atoms with E-state index in [0.717, 1.165) is 24.6 Å². The predicted molar refractivity (Wildman–Crippen MR) is 82.6 cm³/mol. The third kappa shape index (κ3) is 7.09. The molecule has 1 saturated heterocycles. The van der Waals surface area contributed by atoms with Gasteiger partial charge < -0.3 is 15.0 Å². The van der Waals surface area contributed by atoms with Gasteiger partial charge in [0.2, 0.25) is 0 Å². The summed E-state index contributed by atoms with van der Waals surface area (Å²) in [4.78, 5) is 2.60. The molecule has 1 rings (SSSR count). The number of hydrogen-bond donors (Lipinski definition) is 1. The average Bonchev–Trinajstić information content (AvgIpc) is 2.39. The van der Waals surface area contributed by atoms with Gasteiger partial charge in [-0.3, -0.25) is 0 Å². The van der Waals surface area contributed by atoms with E-state index < -0.39 is 0 Å². The van der Waals surface area contributed by atoms with Gasteiger partial charge in [0.25, 0.3) is 0 Å². The van der Waals surface area contributed by atoms with Crippen LogP contribution in [0.1, 0.15) is 40.0 Å². The Morgan fingerprint density at radius 1 is 1.42 bits per heavy atom. The van der Waals surface area contributed by atoms with Crippen LogP contribution in [0, 0.1) is 5.92 Å². The molecule has 1 aliphatic rings. The molecule has 1 unspecified atom stereocenters. The van der Waals surface area contributed by atoms with Gasteiger partial charge in [0.15, 0.2) is 0 Å². The van der Waals surface area contributed by atoms with Crippen LogP contribution in [0.2, 0.25) is 0 Å². The van der Waals surface area contributed by atoms with E-state index in [2.05, 4.69) is 30.6 Å². The lowest BCUT2D eigenvalue weighted by atomic mass is 9.90. The Kier molecular flexibility index (Phi) is 8.35. The van der Waals surface area contributed by atoms with Crippen molar-refractivity contribution in [2.45, 2.75) is 46.1 Å². The molecule has 0 radical (unpaired) electrons. The maximum absolute atomic E-state index is 5.51. The van der Waals surface area contributed by atoms with E-state index in [4.69, 9.17) is 4.74 Å². The summed E-state index contributed by atoms with van der Waals surface area (Å²) < 4.78 is 5.51. The maximum Gasteiger partial charge on any atom is 0.0672 e. The van der Waals surface area contributed by atoms with Crippen LogP contribution in [0.4, 0.5) is 0 Å². The molecule has 1 N–H and O–H groups in total. The normalized spacial score (nSPS) is 19.5. The fourth-order valence-electron chi connectivity index (χ4n) is 2.76. The Hall–Kier alpha value is -0.380. The highest BCUT2D eigenvalue weighted by Crippen LogP contribution is 2.20. The van der Waals surface area contributed by atoms with Gasteiger partial charge in [0.05, 0.1) is 13.2 Å². The molecule has 0 bridgehead atoms. The highest BCUT2D eigenvalue weighted by molar-refractivity contribution is 4.87. The van der Waals surface area contributed by atoms with Crippen LogP contribution in [0.15, 0.2) is 12.2 Å². The van der Waals surface area contributed by atoms with Crippen molar-refractivity contribution in [3.63, 3.8) is 0 Å². The topological polar surface area (TPSA) is 24.5 Å². The largest absolute Gasteiger partial charge is 0.376 e. The van der Waals surface area contributed by atoms with Crippen LogP contribution in [0.3, 0.4) is 0 Å². The average molecular weight is 268 g/mol. The van der Waals surface area contributed by atoms with Crippen LogP contribution < -0.4 is 5.32 Å². The number of nitrogens with one attached hydrogen (secondary N) is 1. The smallest absolute Gasteiger partial charge is 0.0672 e. The summed E-state index contributed by atoms with van der Waals surface area (Å²) in [5, 5.41) is 3.60. The number of likely N-dealkylation sites (tertiary alicyclic amines) is 1. The van der Waals surface area contributed by atoms with Crippen molar-refractivity contribution in [3.05, 3.63) is 12.2 Å². The van der Waals surface area contributed by atoms with Gasteiger partial charge in [0.1, 0.15) is 0 Å². The molecule has 1 atom stereocenters. The minimum Gasteiger partial charge on any atom is -0.376 e. The van der Waals surface area contributed by atoms with E-state index in [1.165, 1.54) is 38.9 Å². The molecular formula is C16H32N2O. The van der Waals surface area contributed by atoms with Crippen molar-refractivity contribution in [2.75, 3.05) is 39.4 Å². The molecule has 1 fully saturated rings. The highest BCUT2D eigenvalue weighted by Gasteiger charge is 2.22. The zero-order valence-corrected chi connectivity index (χ0v) is 13.1. The fraction of sp³-hybridized carbons (Fsp3) is 0.875. The first-order valence-corrected chi connectivity index (χ1v) is 7.81. The Morgan fingerprint density at radius 3 is 2.68 bits per heavy atom. The summed E-state index contributed by atoms with van der Waals surface area (Å²) in [5.41, 5.74) is 1.09. The molecular weight excluding hydrogens is 236 g/mol. The van der Waals surface area contributed by atoms with Crippen molar-refractivity contribution in [3.8, 4) is 0 Å². The molecule has 0 spiro atoms. The first-order chi connectivity index (χ1) is 9.13. The van der Waals surface area contributed by atoms with Gasteiger partial charge in [-0.1, -0.05) is 19.1 Å². The van der Waals surface area contributed by atoms with Gasteiger partial charge in [-0.25, -0.2) is 0 Å². The summed E-state index contributed by atoms with van der Waals surface area (Å²) in [6, 6.07) is 0.609. The van der Waals surface area contributed by atoms with Crippen molar-refractivity contribution in [1.29, 1.82) is 0 Å². The molecule has 0 amide bonds. The summed E-state index contributed by atoms with van der Waals surface area (Å²) in [6.45, 7) is 16.7. The standard InChI is InChI=1S/C16H32N2O/c1-5-9-18-10-6-16(7-11-18)15(4)17-8-12-19-13-14(2)3/h15-17H,2,5-13H2,1,3-4H3. The zero-order chi connectivity index (χ0) is 14.1. The SMILES string of the molecule is C=C(C)COCCNC(C)C1CCN(CCC)CC1. The Balaban J connectivity index is 2.07. The van der Waals surface area contributed by atoms with E-state index in [1.807, 2.05) is 6.92 Å². The molecule has 0 aromatic rings. The number of rotatable bonds is 9. The third-order valence-electron chi connectivity index (χ3n) is 3.94. The fourth-order valence-corrected chi connectivity index (χ4v) is 2.76. The van der Waals surface area contributed by atoms with Crippen LogP contribution in [-0.4, -0.2) is 50.3 Å². The lowest BCUT2D eigenvalue weighted by molar-refractivity contribution is 0.139. The third-order valence-corrected chi connectivity index (χ3v) is 3.94.